The summed E-state index contributed by atoms with van der Waals surface area (Å²) in [4.78, 5) is 7.17. The molecule has 0 amide bonds. The minimum absolute atomic E-state index is 0.303. The minimum atomic E-state index is -4.39. The van der Waals surface area contributed by atoms with Crippen LogP contribution in [0.5, 0.6) is 0 Å². The van der Waals surface area contributed by atoms with E-state index in [0.29, 0.717) is 20.8 Å². The summed E-state index contributed by atoms with van der Waals surface area (Å²) in [5.74, 6) is 0. The molecule has 3 nitrogen and oxygen atoms in total. The first-order valence-electron chi connectivity index (χ1n) is 6.21. The Morgan fingerprint density at radius 3 is 2.77 bits per heavy atom. The standard InChI is InChI=1S/C15H8F3N3S/c16-15(17,18)10-3-4-12-13(7-10)22-14(21-12)9(8-19)6-11-2-1-5-20-11/h1-7,20H/b9-6-. The summed E-state index contributed by atoms with van der Waals surface area (Å²) < 4.78 is 38.5. The molecule has 0 saturated heterocycles. The molecule has 0 aliphatic rings. The quantitative estimate of drug-likeness (QED) is 0.696. The van der Waals surface area contributed by atoms with Crippen LogP contribution in [0, 0.1) is 11.3 Å². The molecule has 0 saturated carbocycles. The third-order valence-corrected chi connectivity index (χ3v) is 4.04. The van der Waals surface area contributed by atoms with Gasteiger partial charge in [-0.1, -0.05) is 0 Å². The topological polar surface area (TPSA) is 52.5 Å². The van der Waals surface area contributed by atoms with Gasteiger partial charge >= 0.3 is 6.18 Å². The second-order valence-corrected chi connectivity index (χ2v) is 5.53. The SMILES string of the molecule is N#C/C(=C/c1ccc[nH]1)c1nc2ccc(C(F)(F)F)cc2s1. The first kappa shape index (κ1) is 14.4. The lowest BCUT2D eigenvalue weighted by molar-refractivity contribution is -0.137. The summed E-state index contributed by atoms with van der Waals surface area (Å²) in [5.41, 5.74) is 0.756. The molecule has 0 spiro atoms. The second kappa shape index (κ2) is 5.31. The van der Waals surface area contributed by atoms with E-state index in [9.17, 15) is 18.4 Å². The Kier molecular flexibility index (Phi) is 3.47. The minimum Gasteiger partial charge on any atom is -0.362 e. The van der Waals surface area contributed by atoms with Gasteiger partial charge in [-0.3, -0.25) is 0 Å². The highest BCUT2D eigenvalue weighted by Gasteiger charge is 2.30. The lowest BCUT2D eigenvalue weighted by Crippen LogP contribution is -2.03. The maximum absolute atomic E-state index is 12.7. The van der Waals surface area contributed by atoms with Crippen molar-refractivity contribution in [1.29, 1.82) is 5.26 Å². The van der Waals surface area contributed by atoms with Crippen molar-refractivity contribution in [3.05, 3.63) is 52.8 Å². The monoisotopic (exact) mass is 319 g/mol. The van der Waals surface area contributed by atoms with Crippen LogP contribution in [0.1, 0.15) is 16.3 Å². The maximum Gasteiger partial charge on any atom is 0.416 e. The van der Waals surface area contributed by atoms with E-state index in [-0.39, 0.29) is 0 Å². The summed E-state index contributed by atoms with van der Waals surface area (Å²) in [6.45, 7) is 0. The molecular formula is C15H8F3N3S. The number of H-pyrrole nitrogens is 1. The van der Waals surface area contributed by atoms with Gasteiger partial charge in [0.1, 0.15) is 11.1 Å². The number of nitrogens with one attached hydrogen (secondary N) is 1. The van der Waals surface area contributed by atoms with E-state index < -0.39 is 11.7 Å². The third kappa shape index (κ3) is 2.73. The van der Waals surface area contributed by atoms with Gasteiger partial charge in [-0.2, -0.15) is 18.4 Å². The Balaban J connectivity index is 2.07. The highest BCUT2D eigenvalue weighted by Crippen LogP contribution is 2.34. The molecule has 22 heavy (non-hydrogen) atoms. The molecule has 0 aliphatic carbocycles. The van der Waals surface area contributed by atoms with Crippen molar-refractivity contribution in [3.63, 3.8) is 0 Å². The predicted molar refractivity (Wildman–Crippen MR) is 78.9 cm³/mol. The van der Waals surface area contributed by atoms with Gasteiger partial charge in [0.2, 0.25) is 0 Å². The third-order valence-electron chi connectivity index (χ3n) is 2.99. The Morgan fingerprint density at radius 1 is 1.32 bits per heavy atom. The number of alkyl halides is 3. The molecule has 1 N–H and O–H groups in total. The molecule has 110 valence electrons. The van der Waals surface area contributed by atoms with E-state index in [1.54, 1.807) is 24.4 Å². The van der Waals surface area contributed by atoms with Crippen LogP contribution in [0.2, 0.25) is 0 Å². The van der Waals surface area contributed by atoms with E-state index in [4.69, 9.17) is 0 Å². The van der Waals surface area contributed by atoms with Crippen molar-refractivity contribution in [2.24, 2.45) is 0 Å². The summed E-state index contributed by atoms with van der Waals surface area (Å²) in [5, 5.41) is 9.64. The van der Waals surface area contributed by atoms with Gasteiger partial charge in [0.25, 0.3) is 0 Å². The average molecular weight is 319 g/mol. The number of hydrogen-bond donors (Lipinski definition) is 1. The molecule has 0 unspecified atom stereocenters. The van der Waals surface area contributed by atoms with Gasteiger partial charge in [-0.25, -0.2) is 4.98 Å². The van der Waals surface area contributed by atoms with E-state index in [1.165, 1.54) is 6.07 Å². The first-order chi connectivity index (χ1) is 10.5. The Labute approximate surface area is 127 Å². The lowest BCUT2D eigenvalue weighted by Gasteiger charge is -2.04. The van der Waals surface area contributed by atoms with Gasteiger partial charge < -0.3 is 4.98 Å². The zero-order valence-corrected chi connectivity index (χ0v) is 11.8. The zero-order chi connectivity index (χ0) is 15.7. The summed E-state index contributed by atoms with van der Waals surface area (Å²) >= 11 is 1.07. The molecule has 0 aliphatic heterocycles. The van der Waals surface area contributed by atoms with Crippen LogP contribution in [0.3, 0.4) is 0 Å². The molecular weight excluding hydrogens is 311 g/mol. The van der Waals surface area contributed by atoms with Crippen molar-refractivity contribution in [3.8, 4) is 6.07 Å². The van der Waals surface area contributed by atoms with E-state index in [0.717, 1.165) is 29.2 Å². The average Bonchev–Trinajstić information content (AvgIpc) is 3.11. The number of benzene rings is 1. The molecule has 2 heterocycles. The van der Waals surface area contributed by atoms with Crippen LogP contribution in [0.4, 0.5) is 13.2 Å². The number of halogens is 3. The smallest absolute Gasteiger partial charge is 0.362 e. The normalized spacial score (nSPS) is 12.5. The second-order valence-electron chi connectivity index (χ2n) is 4.49. The number of nitrogens with zero attached hydrogens (tertiary/aromatic N) is 2. The molecule has 3 rings (SSSR count). The molecule has 1 aromatic carbocycles. The highest BCUT2D eigenvalue weighted by atomic mass is 32.1. The van der Waals surface area contributed by atoms with Crippen LogP contribution in [-0.2, 0) is 6.18 Å². The largest absolute Gasteiger partial charge is 0.416 e. The van der Waals surface area contributed by atoms with E-state index in [2.05, 4.69) is 9.97 Å². The van der Waals surface area contributed by atoms with Gasteiger partial charge in [0.15, 0.2) is 0 Å². The number of allylic oxidation sites excluding steroid dienone is 1. The Bertz CT molecular complexity index is 883. The van der Waals surface area contributed by atoms with E-state index >= 15 is 0 Å². The number of aromatic nitrogens is 2. The van der Waals surface area contributed by atoms with Crippen LogP contribution in [0.15, 0.2) is 36.5 Å². The van der Waals surface area contributed by atoms with Crippen molar-refractivity contribution in [2.75, 3.05) is 0 Å². The molecule has 0 bridgehead atoms. The van der Waals surface area contributed by atoms with Gasteiger partial charge in [-0.05, 0) is 36.4 Å². The van der Waals surface area contributed by atoms with Crippen LogP contribution in [0.25, 0.3) is 21.9 Å². The molecule has 0 atom stereocenters. The zero-order valence-electron chi connectivity index (χ0n) is 11.0. The summed E-state index contributed by atoms with van der Waals surface area (Å²) in [6, 6.07) is 8.97. The van der Waals surface area contributed by atoms with Gasteiger partial charge in [0, 0.05) is 11.9 Å². The molecule has 2 aromatic heterocycles. The number of fused-ring (bicyclic) bond motifs is 1. The van der Waals surface area contributed by atoms with Crippen molar-refractivity contribution < 1.29 is 13.2 Å². The molecule has 7 heteroatoms. The maximum atomic E-state index is 12.7. The van der Waals surface area contributed by atoms with Crippen molar-refractivity contribution >= 4 is 33.2 Å². The lowest BCUT2D eigenvalue weighted by atomic mass is 10.2. The highest BCUT2D eigenvalue weighted by molar-refractivity contribution is 7.19. The predicted octanol–water partition coefficient (Wildman–Crippen LogP) is 4.71. The number of hydrogen-bond acceptors (Lipinski definition) is 3. The van der Waals surface area contributed by atoms with Gasteiger partial charge in [-0.15, -0.1) is 11.3 Å². The van der Waals surface area contributed by atoms with Crippen LogP contribution in [-0.4, -0.2) is 9.97 Å². The number of thiazole rings is 1. The fraction of sp³-hybridized carbons (Fsp3) is 0.0667. The Hall–Kier alpha value is -2.59. The summed E-state index contributed by atoms with van der Waals surface area (Å²) in [6.07, 6.45) is -1.06. The molecule has 3 aromatic rings. The summed E-state index contributed by atoms with van der Waals surface area (Å²) in [7, 11) is 0. The van der Waals surface area contributed by atoms with Gasteiger partial charge in [0.05, 0.1) is 21.4 Å². The van der Waals surface area contributed by atoms with Crippen LogP contribution < -0.4 is 0 Å². The molecule has 0 radical (unpaired) electrons. The fourth-order valence-corrected chi connectivity index (χ4v) is 2.92. The number of nitriles is 1. The Morgan fingerprint density at radius 2 is 2.14 bits per heavy atom. The molecule has 0 fully saturated rings. The number of aromatic amines is 1. The number of rotatable bonds is 2. The van der Waals surface area contributed by atoms with Crippen LogP contribution >= 0.6 is 11.3 Å². The van der Waals surface area contributed by atoms with E-state index in [1.807, 2.05) is 6.07 Å². The fourth-order valence-electron chi connectivity index (χ4n) is 1.95. The van der Waals surface area contributed by atoms with Crippen molar-refractivity contribution in [2.45, 2.75) is 6.18 Å². The van der Waals surface area contributed by atoms with Crippen molar-refractivity contribution in [1.82, 2.24) is 9.97 Å². The first-order valence-corrected chi connectivity index (χ1v) is 7.02.